The molecule has 1 aliphatic heterocycles. The highest BCUT2D eigenvalue weighted by Crippen LogP contribution is 2.15. The molecule has 1 fully saturated rings. The molecule has 0 N–H and O–H groups in total. The van der Waals surface area contributed by atoms with Gasteiger partial charge in [-0.1, -0.05) is 0 Å². The van der Waals surface area contributed by atoms with Crippen molar-refractivity contribution in [3.63, 3.8) is 0 Å². The van der Waals surface area contributed by atoms with Crippen LogP contribution in [0.4, 0.5) is 0 Å². The summed E-state index contributed by atoms with van der Waals surface area (Å²) >= 11 is 0. The number of carbonyl (C=O) groups excluding carboxylic acids is 2. The number of rotatable bonds is 3. The van der Waals surface area contributed by atoms with Gasteiger partial charge in [0.15, 0.2) is 18.6 Å². The van der Waals surface area contributed by atoms with Crippen molar-refractivity contribution in [2.75, 3.05) is 19.7 Å². The summed E-state index contributed by atoms with van der Waals surface area (Å²) in [7, 11) is 0. The second-order valence-electron chi connectivity index (χ2n) is 4.70. The van der Waals surface area contributed by atoms with Crippen LogP contribution in [0.1, 0.15) is 23.2 Å². The molecule has 6 heteroatoms. The molecule has 6 nitrogen and oxygen atoms in total. The molecule has 0 radical (unpaired) electrons. The number of carbonyl (C=O) groups is 2. The Morgan fingerprint density at radius 3 is 2.90 bits per heavy atom. The van der Waals surface area contributed by atoms with Crippen molar-refractivity contribution in [2.45, 2.75) is 12.8 Å². The van der Waals surface area contributed by atoms with Crippen LogP contribution >= 0.6 is 0 Å². The Morgan fingerprint density at radius 2 is 2.10 bits per heavy atom. The van der Waals surface area contributed by atoms with E-state index in [1.165, 1.54) is 6.39 Å². The number of nitrogens with zero attached hydrogens (tertiary/aromatic N) is 2. The molecule has 1 saturated heterocycles. The van der Waals surface area contributed by atoms with Gasteiger partial charge in [0, 0.05) is 13.1 Å². The van der Waals surface area contributed by atoms with Gasteiger partial charge < -0.3 is 14.1 Å². The van der Waals surface area contributed by atoms with E-state index in [1.54, 1.807) is 23.1 Å². The third-order valence-corrected chi connectivity index (χ3v) is 3.35. The highest BCUT2D eigenvalue weighted by Gasteiger charge is 2.19. The number of amides is 1. The van der Waals surface area contributed by atoms with Gasteiger partial charge in [-0.25, -0.2) is 9.78 Å². The van der Waals surface area contributed by atoms with Crippen molar-refractivity contribution in [2.24, 2.45) is 0 Å². The van der Waals surface area contributed by atoms with Crippen LogP contribution in [0.2, 0.25) is 0 Å². The van der Waals surface area contributed by atoms with Gasteiger partial charge in [0.1, 0.15) is 5.52 Å². The fraction of sp³-hybridized carbons (Fsp3) is 0.357. The van der Waals surface area contributed by atoms with Crippen LogP contribution in [0.3, 0.4) is 0 Å². The lowest BCUT2D eigenvalue weighted by molar-refractivity contribution is -0.133. The summed E-state index contributed by atoms with van der Waals surface area (Å²) in [5.74, 6) is -0.674. The molecule has 104 valence electrons. The maximum Gasteiger partial charge on any atom is 0.338 e. The van der Waals surface area contributed by atoms with Gasteiger partial charge >= 0.3 is 5.97 Å². The molecule has 0 aliphatic carbocycles. The van der Waals surface area contributed by atoms with Gasteiger partial charge in [-0.3, -0.25) is 4.79 Å². The van der Waals surface area contributed by atoms with Gasteiger partial charge in [-0.15, -0.1) is 0 Å². The van der Waals surface area contributed by atoms with Crippen LogP contribution in [-0.4, -0.2) is 41.5 Å². The quantitative estimate of drug-likeness (QED) is 0.795. The predicted molar refractivity (Wildman–Crippen MR) is 70.1 cm³/mol. The first-order valence-corrected chi connectivity index (χ1v) is 6.52. The minimum Gasteiger partial charge on any atom is -0.452 e. The van der Waals surface area contributed by atoms with Crippen LogP contribution in [0.15, 0.2) is 29.0 Å². The van der Waals surface area contributed by atoms with E-state index < -0.39 is 5.97 Å². The summed E-state index contributed by atoms with van der Waals surface area (Å²) in [6, 6.07) is 4.84. The second kappa shape index (κ2) is 5.32. The molecule has 0 spiro atoms. The van der Waals surface area contributed by atoms with Crippen molar-refractivity contribution in [1.82, 2.24) is 9.88 Å². The zero-order valence-corrected chi connectivity index (χ0v) is 10.9. The molecule has 0 saturated carbocycles. The van der Waals surface area contributed by atoms with E-state index in [0.29, 0.717) is 16.7 Å². The number of ether oxygens (including phenoxy) is 1. The third-order valence-electron chi connectivity index (χ3n) is 3.35. The lowest BCUT2D eigenvalue weighted by Crippen LogP contribution is -2.32. The van der Waals surface area contributed by atoms with Crippen molar-refractivity contribution in [3.05, 3.63) is 30.2 Å². The topological polar surface area (TPSA) is 72.6 Å². The summed E-state index contributed by atoms with van der Waals surface area (Å²) in [5, 5.41) is 0. The molecule has 1 aromatic carbocycles. The molecule has 2 heterocycles. The van der Waals surface area contributed by atoms with Crippen molar-refractivity contribution < 1.29 is 18.7 Å². The molecular weight excluding hydrogens is 260 g/mol. The molecule has 3 rings (SSSR count). The fourth-order valence-electron chi connectivity index (χ4n) is 2.25. The van der Waals surface area contributed by atoms with E-state index in [0.717, 1.165) is 25.9 Å². The smallest absolute Gasteiger partial charge is 0.338 e. The van der Waals surface area contributed by atoms with E-state index in [1.807, 2.05) is 0 Å². The van der Waals surface area contributed by atoms with Gasteiger partial charge in [0.25, 0.3) is 5.91 Å². The van der Waals surface area contributed by atoms with Gasteiger partial charge in [-0.2, -0.15) is 0 Å². The van der Waals surface area contributed by atoms with Crippen LogP contribution < -0.4 is 0 Å². The molecule has 20 heavy (non-hydrogen) atoms. The first kappa shape index (κ1) is 12.7. The summed E-state index contributed by atoms with van der Waals surface area (Å²) in [5.41, 5.74) is 1.54. The standard InChI is InChI=1S/C14H14N2O4/c17-13(16-5-1-2-6-16)8-19-14(18)10-3-4-11-12(7-10)20-9-15-11/h3-4,7,9H,1-2,5-6,8H2. The van der Waals surface area contributed by atoms with Crippen LogP contribution in [0, 0.1) is 0 Å². The van der Waals surface area contributed by atoms with Crippen molar-refractivity contribution in [3.8, 4) is 0 Å². The Kier molecular flexibility index (Phi) is 3.37. The summed E-state index contributed by atoms with van der Waals surface area (Å²) in [6.45, 7) is 1.29. The molecule has 0 bridgehead atoms. The van der Waals surface area contributed by atoms with Crippen molar-refractivity contribution in [1.29, 1.82) is 0 Å². The Balaban J connectivity index is 1.62. The van der Waals surface area contributed by atoms with E-state index in [2.05, 4.69) is 4.98 Å². The zero-order chi connectivity index (χ0) is 13.9. The number of benzene rings is 1. The third kappa shape index (κ3) is 2.49. The average molecular weight is 274 g/mol. The molecular formula is C14H14N2O4. The molecule has 1 amide bonds. The SMILES string of the molecule is O=C(OCC(=O)N1CCCC1)c1ccc2ncoc2c1. The highest BCUT2D eigenvalue weighted by molar-refractivity contribution is 5.94. The number of esters is 1. The monoisotopic (exact) mass is 274 g/mol. The second-order valence-corrected chi connectivity index (χ2v) is 4.70. The minimum absolute atomic E-state index is 0.142. The van der Waals surface area contributed by atoms with Gasteiger partial charge in [0.2, 0.25) is 0 Å². The summed E-state index contributed by atoms with van der Waals surface area (Å²) in [6.07, 6.45) is 3.35. The first-order valence-electron chi connectivity index (χ1n) is 6.52. The highest BCUT2D eigenvalue weighted by atomic mass is 16.5. The predicted octanol–water partition coefficient (Wildman–Crippen LogP) is 1.61. The average Bonchev–Trinajstić information content (AvgIpc) is 3.13. The van der Waals surface area contributed by atoms with Crippen molar-refractivity contribution >= 4 is 23.0 Å². The molecule has 1 aliphatic rings. The summed E-state index contributed by atoms with van der Waals surface area (Å²) < 4.78 is 10.2. The van der Waals surface area contributed by atoms with E-state index >= 15 is 0 Å². The molecule has 1 aromatic heterocycles. The van der Waals surface area contributed by atoms with Gasteiger partial charge in [-0.05, 0) is 31.0 Å². The maximum absolute atomic E-state index is 11.9. The van der Waals surface area contributed by atoms with Crippen LogP contribution in [-0.2, 0) is 9.53 Å². The van der Waals surface area contributed by atoms with Crippen LogP contribution in [0.25, 0.3) is 11.1 Å². The lowest BCUT2D eigenvalue weighted by Gasteiger charge is -2.14. The number of hydrogen-bond donors (Lipinski definition) is 0. The molecule has 0 atom stereocenters. The van der Waals surface area contributed by atoms with E-state index in [9.17, 15) is 9.59 Å². The number of likely N-dealkylation sites (tertiary alicyclic amines) is 1. The largest absolute Gasteiger partial charge is 0.452 e. The number of oxazole rings is 1. The Labute approximate surface area is 115 Å². The zero-order valence-electron chi connectivity index (χ0n) is 10.9. The Morgan fingerprint density at radius 1 is 1.30 bits per heavy atom. The van der Waals surface area contributed by atoms with E-state index in [4.69, 9.17) is 9.15 Å². The lowest BCUT2D eigenvalue weighted by atomic mass is 10.2. The summed E-state index contributed by atoms with van der Waals surface area (Å²) in [4.78, 5) is 29.3. The maximum atomic E-state index is 11.9. The Bertz CT molecular complexity index is 643. The van der Waals surface area contributed by atoms with Crippen LogP contribution in [0.5, 0.6) is 0 Å². The number of fused-ring (bicyclic) bond motifs is 1. The number of hydrogen-bond acceptors (Lipinski definition) is 5. The first-order chi connectivity index (χ1) is 9.74. The Hall–Kier alpha value is -2.37. The fourth-order valence-corrected chi connectivity index (χ4v) is 2.25. The number of aromatic nitrogens is 1. The molecule has 0 unspecified atom stereocenters. The normalized spacial score (nSPS) is 14.7. The minimum atomic E-state index is -0.532. The van der Waals surface area contributed by atoms with E-state index in [-0.39, 0.29) is 12.5 Å². The van der Waals surface area contributed by atoms with Gasteiger partial charge in [0.05, 0.1) is 5.56 Å². The molecule has 2 aromatic rings.